The molecule has 2 heterocycles. The van der Waals surface area contributed by atoms with Crippen molar-refractivity contribution < 1.29 is 14.3 Å². The lowest BCUT2D eigenvalue weighted by Gasteiger charge is -2.36. The van der Waals surface area contributed by atoms with Crippen molar-refractivity contribution in [2.45, 2.75) is 32.1 Å². The Morgan fingerprint density at radius 1 is 0.808 bits per heavy atom. The predicted octanol–water partition coefficient (Wildman–Crippen LogP) is 2.14. The average molecular weight is 359 g/mol. The monoisotopic (exact) mass is 359 g/mol. The second-order valence-corrected chi connectivity index (χ2v) is 7.04. The molecule has 0 saturated carbocycles. The molecule has 0 atom stereocenters. The van der Waals surface area contributed by atoms with Gasteiger partial charge in [-0.15, -0.1) is 0 Å². The van der Waals surface area contributed by atoms with Crippen molar-refractivity contribution in [1.29, 1.82) is 0 Å². The molecule has 6 heteroatoms. The Morgan fingerprint density at radius 3 is 1.88 bits per heavy atom. The van der Waals surface area contributed by atoms with E-state index >= 15 is 0 Å². The van der Waals surface area contributed by atoms with E-state index in [1.807, 2.05) is 34.1 Å². The quantitative estimate of drug-likeness (QED) is 0.773. The second kappa shape index (κ2) is 8.92. The number of nitrogens with zero attached hydrogens (tertiary/aromatic N) is 3. The highest BCUT2D eigenvalue weighted by molar-refractivity contribution is 5.97. The van der Waals surface area contributed by atoms with E-state index in [2.05, 4.69) is 4.90 Å². The van der Waals surface area contributed by atoms with Gasteiger partial charge in [-0.3, -0.25) is 9.59 Å². The zero-order chi connectivity index (χ0) is 18.4. The predicted molar refractivity (Wildman–Crippen MR) is 101 cm³/mol. The molecule has 0 bridgehead atoms. The zero-order valence-electron chi connectivity index (χ0n) is 15.7. The zero-order valence-corrected chi connectivity index (χ0v) is 15.7. The summed E-state index contributed by atoms with van der Waals surface area (Å²) in [5.41, 5.74) is 1.14. The maximum Gasteiger partial charge on any atom is 0.232 e. The third-order valence-corrected chi connectivity index (χ3v) is 5.33. The smallest absolute Gasteiger partial charge is 0.232 e. The first-order valence-electron chi connectivity index (χ1n) is 9.62. The van der Waals surface area contributed by atoms with Crippen molar-refractivity contribution in [2.24, 2.45) is 0 Å². The van der Waals surface area contributed by atoms with Gasteiger partial charge in [-0.2, -0.15) is 0 Å². The summed E-state index contributed by atoms with van der Waals surface area (Å²) in [7, 11) is 1.66. The van der Waals surface area contributed by atoms with Crippen molar-refractivity contribution in [3.63, 3.8) is 0 Å². The van der Waals surface area contributed by atoms with Crippen LogP contribution in [0.15, 0.2) is 24.3 Å². The van der Waals surface area contributed by atoms with Crippen LogP contribution in [0.3, 0.4) is 0 Å². The number of carbonyl (C=O) groups excluding carboxylic acids is 2. The summed E-state index contributed by atoms with van der Waals surface area (Å²) in [5, 5.41) is 0. The lowest BCUT2D eigenvalue weighted by molar-refractivity contribution is -0.140. The van der Waals surface area contributed by atoms with Crippen molar-refractivity contribution in [1.82, 2.24) is 9.80 Å². The number of ether oxygens (including phenoxy) is 1. The number of methoxy groups -OCH3 is 1. The van der Waals surface area contributed by atoms with Crippen LogP contribution < -0.4 is 9.64 Å². The van der Waals surface area contributed by atoms with Gasteiger partial charge in [0.25, 0.3) is 0 Å². The van der Waals surface area contributed by atoms with Gasteiger partial charge >= 0.3 is 0 Å². The maximum atomic E-state index is 12.5. The molecule has 0 aliphatic carbocycles. The number of hydrogen-bond donors (Lipinski definition) is 0. The van der Waals surface area contributed by atoms with Gasteiger partial charge in [-0.1, -0.05) is 12.8 Å². The molecule has 1 aromatic rings. The number of benzene rings is 1. The number of rotatable bonds is 4. The third kappa shape index (κ3) is 4.68. The fourth-order valence-electron chi connectivity index (χ4n) is 3.68. The Bertz CT molecular complexity index is 601. The molecule has 1 aromatic carbocycles. The molecule has 2 fully saturated rings. The molecular weight excluding hydrogens is 330 g/mol. The third-order valence-electron chi connectivity index (χ3n) is 5.33. The van der Waals surface area contributed by atoms with Crippen LogP contribution in [-0.4, -0.2) is 68.0 Å². The van der Waals surface area contributed by atoms with Crippen LogP contribution in [0.1, 0.15) is 32.1 Å². The Kier molecular flexibility index (Phi) is 6.36. The van der Waals surface area contributed by atoms with Gasteiger partial charge in [0.15, 0.2) is 0 Å². The summed E-state index contributed by atoms with van der Waals surface area (Å²) >= 11 is 0. The second-order valence-electron chi connectivity index (χ2n) is 7.04. The maximum absolute atomic E-state index is 12.5. The van der Waals surface area contributed by atoms with E-state index < -0.39 is 0 Å². The number of amides is 2. The topological polar surface area (TPSA) is 53.1 Å². The van der Waals surface area contributed by atoms with Crippen molar-refractivity contribution >= 4 is 17.5 Å². The summed E-state index contributed by atoms with van der Waals surface area (Å²) in [6.07, 6.45) is 4.50. The molecule has 2 amide bonds. The van der Waals surface area contributed by atoms with E-state index in [-0.39, 0.29) is 18.2 Å². The Labute approximate surface area is 155 Å². The highest BCUT2D eigenvalue weighted by atomic mass is 16.5. The van der Waals surface area contributed by atoms with E-state index in [0.29, 0.717) is 13.1 Å². The molecule has 0 radical (unpaired) electrons. The highest BCUT2D eigenvalue weighted by Crippen LogP contribution is 2.21. The van der Waals surface area contributed by atoms with Crippen LogP contribution in [0.25, 0.3) is 0 Å². The van der Waals surface area contributed by atoms with Crippen LogP contribution in [0.5, 0.6) is 5.75 Å². The first-order chi connectivity index (χ1) is 12.7. The highest BCUT2D eigenvalue weighted by Gasteiger charge is 2.25. The van der Waals surface area contributed by atoms with Gasteiger partial charge in [0.1, 0.15) is 12.2 Å². The molecule has 6 nitrogen and oxygen atoms in total. The lowest BCUT2D eigenvalue weighted by Crippen LogP contribution is -2.49. The van der Waals surface area contributed by atoms with Gasteiger partial charge in [0.05, 0.1) is 7.11 Å². The van der Waals surface area contributed by atoms with Gasteiger partial charge < -0.3 is 19.4 Å². The Morgan fingerprint density at radius 2 is 1.35 bits per heavy atom. The van der Waals surface area contributed by atoms with Gasteiger partial charge in [-0.25, -0.2) is 0 Å². The van der Waals surface area contributed by atoms with Gasteiger partial charge in [0.2, 0.25) is 11.8 Å². The molecule has 0 aromatic heterocycles. The Balaban J connectivity index is 1.47. The van der Waals surface area contributed by atoms with Crippen molar-refractivity contribution in [3.05, 3.63) is 24.3 Å². The van der Waals surface area contributed by atoms with E-state index in [4.69, 9.17) is 4.74 Å². The van der Waals surface area contributed by atoms with Crippen molar-refractivity contribution in [3.8, 4) is 5.75 Å². The fraction of sp³-hybridized carbons (Fsp3) is 0.600. The molecule has 0 N–H and O–H groups in total. The van der Waals surface area contributed by atoms with E-state index in [0.717, 1.165) is 50.5 Å². The van der Waals surface area contributed by atoms with Crippen LogP contribution in [-0.2, 0) is 9.59 Å². The summed E-state index contributed by atoms with van der Waals surface area (Å²) in [6.45, 7) is 4.51. The molecule has 3 rings (SSSR count). The first kappa shape index (κ1) is 18.5. The van der Waals surface area contributed by atoms with Crippen molar-refractivity contribution in [2.75, 3.05) is 51.3 Å². The number of anilines is 1. The molecular formula is C20H29N3O3. The molecule has 0 spiro atoms. The average Bonchev–Trinajstić information content (AvgIpc) is 2.98. The molecule has 2 aliphatic rings. The summed E-state index contributed by atoms with van der Waals surface area (Å²) in [5.74, 6) is 0.803. The molecule has 142 valence electrons. The van der Waals surface area contributed by atoms with E-state index in [1.54, 1.807) is 7.11 Å². The molecule has 26 heavy (non-hydrogen) atoms. The largest absolute Gasteiger partial charge is 0.497 e. The van der Waals surface area contributed by atoms with E-state index in [1.165, 1.54) is 12.8 Å². The van der Waals surface area contributed by atoms with Gasteiger partial charge in [-0.05, 0) is 37.1 Å². The first-order valence-corrected chi connectivity index (χ1v) is 9.62. The summed E-state index contributed by atoms with van der Waals surface area (Å²) < 4.78 is 5.19. The molecule has 0 unspecified atom stereocenters. The Hall–Kier alpha value is -2.24. The fourth-order valence-corrected chi connectivity index (χ4v) is 3.68. The van der Waals surface area contributed by atoms with Crippen LogP contribution >= 0.6 is 0 Å². The number of piperazine rings is 1. The number of hydrogen-bond acceptors (Lipinski definition) is 4. The van der Waals surface area contributed by atoms with Gasteiger partial charge in [0, 0.05) is 45.0 Å². The normalized spacial score (nSPS) is 18.4. The van der Waals surface area contributed by atoms with Crippen LogP contribution in [0.2, 0.25) is 0 Å². The number of likely N-dealkylation sites (tertiary alicyclic amines) is 1. The minimum absolute atomic E-state index is 0.00511. The molecule has 2 aliphatic heterocycles. The van der Waals surface area contributed by atoms with Crippen LogP contribution in [0.4, 0.5) is 5.69 Å². The molecule has 2 saturated heterocycles. The number of carbonyl (C=O) groups is 2. The lowest BCUT2D eigenvalue weighted by atomic mass is 10.2. The standard InChI is InChI=1S/C20H29N3O3/c1-26-18-8-6-17(7-9-18)21-12-14-23(15-13-21)20(25)16-19(24)22-10-4-2-3-5-11-22/h6-9H,2-5,10-16H2,1H3. The summed E-state index contributed by atoms with van der Waals surface area (Å²) in [6, 6.07) is 7.98. The minimum atomic E-state index is -0.0337. The van der Waals surface area contributed by atoms with Crippen LogP contribution in [0, 0.1) is 0 Å². The van der Waals surface area contributed by atoms with E-state index in [9.17, 15) is 9.59 Å². The minimum Gasteiger partial charge on any atom is -0.497 e. The summed E-state index contributed by atoms with van der Waals surface area (Å²) in [4.78, 5) is 30.9. The SMILES string of the molecule is COc1ccc(N2CCN(C(=O)CC(=O)N3CCCCCC3)CC2)cc1.